The van der Waals surface area contributed by atoms with Gasteiger partial charge in [0.15, 0.2) is 0 Å². The molecule has 0 bridgehead atoms. The van der Waals surface area contributed by atoms with Gasteiger partial charge in [0.2, 0.25) is 0 Å². The summed E-state index contributed by atoms with van der Waals surface area (Å²) in [5, 5.41) is 10.8. The van der Waals surface area contributed by atoms with Gasteiger partial charge in [0.1, 0.15) is 11.6 Å². The summed E-state index contributed by atoms with van der Waals surface area (Å²) in [6, 6.07) is 13.3. The van der Waals surface area contributed by atoms with E-state index in [1.165, 1.54) is 29.2 Å². The molecular weight excluding hydrogens is 361 g/mol. The van der Waals surface area contributed by atoms with E-state index < -0.39 is 23.5 Å². The van der Waals surface area contributed by atoms with Gasteiger partial charge >= 0.3 is 0 Å². The fourth-order valence-corrected chi connectivity index (χ4v) is 3.24. The van der Waals surface area contributed by atoms with Crippen LogP contribution < -0.4 is 0 Å². The second-order valence-electron chi connectivity index (χ2n) is 6.83. The van der Waals surface area contributed by atoms with Crippen molar-refractivity contribution in [3.63, 3.8) is 0 Å². The van der Waals surface area contributed by atoms with Crippen molar-refractivity contribution in [2.45, 2.75) is 26.0 Å². The topological polar surface area (TPSA) is 66.8 Å². The van der Waals surface area contributed by atoms with Crippen molar-refractivity contribution in [3.8, 4) is 0 Å². The minimum absolute atomic E-state index is 0.00708. The summed E-state index contributed by atoms with van der Waals surface area (Å²) < 4.78 is 18.9. The lowest BCUT2D eigenvalue weighted by molar-refractivity contribution is -0.140. The lowest BCUT2D eigenvalue weighted by Crippen LogP contribution is -2.33. The Hall–Kier alpha value is -2.99. The van der Waals surface area contributed by atoms with Crippen LogP contribution in [-0.4, -0.2) is 41.0 Å². The molecule has 2 aromatic carbocycles. The van der Waals surface area contributed by atoms with E-state index in [2.05, 4.69) is 0 Å². The molecule has 0 aromatic heterocycles. The molecule has 2 aromatic rings. The monoisotopic (exact) mass is 383 g/mol. The van der Waals surface area contributed by atoms with E-state index in [1.54, 1.807) is 30.3 Å². The van der Waals surface area contributed by atoms with Crippen LogP contribution in [0.15, 0.2) is 60.2 Å². The molecule has 5 nitrogen and oxygen atoms in total. The number of carbonyl (C=O) groups is 2. The zero-order chi connectivity index (χ0) is 20.3. The number of benzene rings is 2. The SMILES string of the molecule is CC(C)OCCN1C(=O)C(=O)/C(=C(\O)c2ccccc2)C1c1ccc(F)cc1. The zero-order valence-electron chi connectivity index (χ0n) is 15.8. The number of likely N-dealkylation sites (tertiary alicyclic amines) is 1. The predicted octanol–water partition coefficient (Wildman–Crippen LogP) is 3.67. The van der Waals surface area contributed by atoms with Crippen LogP contribution in [-0.2, 0) is 14.3 Å². The Bertz CT molecular complexity index is 891. The normalized spacial score (nSPS) is 18.9. The van der Waals surface area contributed by atoms with Crippen LogP contribution in [0, 0.1) is 5.82 Å². The Morgan fingerprint density at radius 2 is 1.75 bits per heavy atom. The number of hydrogen-bond donors (Lipinski definition) is 1. The highest BCUT2D eigenvalue weighted by atomic mass is 19.1. The number of rotatable bonds is 6. The predicted molar refractivity (Wildman–Crippen MR) is 103 cm³/mol. The van der Waals surface area contributed by atoms with Crippen molar-refractivity contribution in [1.82, 2.24) is 4.90 Å². The number of halogens is 1. The van der Waals surface area contributed by atoms with Gasteiger partial charge < -0.3 is 14.7 Å². The van der Waals surface area contributed by atoms with Gasteiger partial charge in [-0.3, -0.25) is 9.59 Å². The number of ketones is 1. The van der Waals surface area contributed by atoms with E-state index in [9.17, 15) is 19.1 Å². The maximum Gasteiger partial charge on any atom is 0.295 e. The van der Waals surface area contributed by atoms with E-state index in [0.29, 0.717) is 11.1 Å². The molecule has 1 saturated heterocycles. The number of aliphatic hydroxyl groups is 1. The maximum absolute atomic E-state index is 13.4. The largest absolute Gasteiger partial charge is 0.507 e. The fraction of sp³-hybridized carbons (Fsp3) is 0.273. The van der Waals surface area contributed by atoms with Gasteiger partial charge in [-0.05, 0) is 31.5 Å². The van der Waals surface area contributed by atoms with Crippen molar-refractivity contribution in [1.29, 1.82) is 0 Å². The Balaban J connectivity index is 2.07. The number of Topliss-reactive ketones (excluding diaryl/α,β-unsaturated/α-hetero) is 1. The average molecular weight is 383 g/mol. The zero-order valence-corrected chi connectivity index (χ0v) is 15.8. The molecule has 1 fully saturated rings. The highest BCUT2D eigenvalue weighted by Gasteiger charge is 2.45. The summed E-state index contributed by atoms with van der Waals surface area (Å²) in [6.45, 7) is 4.17. The van der Waals surface area contributed by atoms with E-state index in [1.807, 2.05) is 13.8 Å². The molecule has 1 atom stereocenters. The first-order valence-electron chi connectivity index (χ1n) is 9.11. The second kappa shape index (κ2) is 8.35. The van der Waals surface area contributed by atoms with Crippen molar-refractivity contribution < 1.29 is 23.8 Å². The minimum atomic E-state index is -0.809. The van der Waals surface area contributed by atoms with Crippen LogP contribution in [0.4, 0.5) is 4.39 Å². The van der Waals surface area contributed by atoms with Gasteiger partial charge in [-0.2, -0.15) is 0 Å². The van der Waals surface area contributed by atoms with Crippen LogP contribution in [0.3, 0.4) is 0 Å². The number of amides is 1. The van der Waals surface area contributed by atoms with Crippen LogP contribution in [0.25, 0.3) is 5.76 Å². The molecule has 1 N–H and O–H groups in total. The first kappa shape index (κ1) is 19.8. The highest BCUT2D eigenvalue weighted by Crippen LogP contribution is 2.39. The van der Waals surface area contributed by atoms with Gasteiger partial charge in [-0.1, -0.05) is 42.5 Å². The molecule has 0 aliphatic carbocycles. The van der Waals surface area contributed by atoms with Crippen LogP contribution >= 0.6 is 0 Å². The van der Waals surface area contributed by atoms with Gasteiger partial charge in [-0.15, -0.1) is 0 Å². The number of hydrogen-bond acceptors (Lipinski definition) is 4. The van der Waals surface area contributed by atoms with Crippen molar-refractivity contribution in [2.24, 2.45) is 0 Å². The summed E-state index contributed by atoms with van der Waals surface area (Å²) in [7, 11) is 0. The van der Waals surface area contributed by atoms with Crippen LogP contribution in [0.2, 0.25) is 0 Å². The van der Waals surface area contributed by atoms with E-state index in [-0.39, 0.29) is 30.6 Å². The molecule has 1 heterocycles. The fourth-order valence-electron chi connectivity index (χ4n) is 3.24. The molecule has 28 heavy (non-hydrogen) atoms. The minimum Gasteiger partial charge on any atom is -0.507 e. The first-order valence-corrected chi connectivity index (χ1v) is 9.11. The molecule has 3 rings (SSSR count). The lowest BCUT2D eigenvalue weighted by atomic mass is 9.95. The number of carbonyl (C=O) groups excluding carboxylic acids is 2. The highest BCUT2D eigenvalue weighted by molar-refractivity contribution is 6.46. The summed E-state index contributed by atoms with van der Waals surface area (Å²) in [5.74, 6) is -2.15. The van der Waals surface area contributed by atoms with Crippen molar-refractivity contribution >= 4 is 17.4 Å². The van der Waals surface area contributed by atoms with Gasteiger partial charge in [0, 0.05) is 12.1 Å². The average Bonchev–Trinajstić information content (AvgIpc) is 2.93. The smallest absolute Gasteiger partial charge is 0.295 e. The molecule has 146 valence electrons. The maximum atomic E-state index is 13.4. The Labute approximate surface area is 163 Å². The lowest BCUT2D eigenvalue weighted by Gasteiger charge is -2.25. The summed E-state index contributed by atoms with van der Waals surface area (Å²) in [6.07, 6.45) is -0.0228. The second-order valence-corrected chi connectivity index (χ2v) is 6.83. The van der Waals surface area contributed by atoms with Crippen molar-refractivity contribution in [2.75, 3.05) is 13.2 Å². The van der Waals surface area contributed by atoms with Crippen molar-refractivity contribution in [3.05, 3.63) is 77.1 Å². The van der Waals surface area contributed by atoms with Crippen LogP contribution in [0.1, 0.15) is 31.0 Å². The Kier molecular flexibility index (Phi) is 5.90. The molecular formula is C22H22FNO4. The third-order valence-electron chi connectivity index (χ3n) is 4.56. The molecule has 0 saturated carbocycles. The molecule has 1 aliphatic rings. The van der Waals surface area contributed by atoms with Gasteiger partial charge in [0.05, 0.1) is 24.3 Å². The third-order valence-corrected chi connectivity index (χ3v) is 4.56. The molecule has 0 radical (unpaired) electrons. The quantitative estimate of drug-likeness (QED) is 0.470. The number of nitrogens with zero attached hydrogens (tertiary/aromatic N) is 1. The molecule has 6 heteroatoms. The standard InChI is InChI=1S/C22H22FNO4/c1-14(2)28-13-12-24-19(15-8-10-17(23)11-9-15)18(21(26)22(24)27)20(25)16-6-4-3-5-7-16/h3-11,14,19,25H,12-13H2,1-2H3/b20-18-. The summed E-state index contributed by atoms with van der Waals surface area (Å²) in [4.78, 5) is 26.8. The van der Waals surface area contributed by atoms with E-state index in [0.717, 1.165) is 0 Å². The Morgan fingerprint density at radius 1 is 1.11 bits per heavy atom. The van der Waals surface area contributed by atoms with E-state index >= 15 is 0 Å². The van der Waals surface area contributed by atoms with Gasteiger partial charge in [-0.25, -0.2) is 4.39 Å². The number of ether oxygens (including phenoxy) is 1. The third kappa shape index (κ3) is 3.97. The molecule has 1 aliphatic heterocycles. The molecule has 1 unspecified atom stereocenters. The molecule has 0 spiro atoms. The first-order chi connectivity index (χ1) is 13.4. The summed E-state index contributed by atoms with van der Waals surface area (Å²) in [5.41, 5.74) is 0.973. The van der Waals surface area contributed by atoms with Crippen LogP contribution in [0.5, 0.6) is 0 Å². The Morgan fingerprint density at radius 3 is 2.36 bits per heavy atom. The molecule has 1 amide bonds. The summed E-state index contributed by atoms with van der Waals surface area (Å²) >= 11 is 0. The van der Waals surface area contributed by atoms with E-state index in [4.69, 9.17) is 4.74 Å². The van der Waals surface area contributed by atoms with Gasteiger partial charge in [0.25, 0.3) is 11.7 Å². The number of aliphatic hydroxyl groups excluding tert-OH is 1.